The molecule has 0 aliphatic heterocycles. The van der Waals surface area contributed by atoms with Crippen LogP contribution in [0.4, 0.5) is 14.5 Å². The highest BCUT2D eigenvalue weighted by atomic mass is 19.3. The zero-order valence-electron chi connectivity index (χ0n) is 14.3. The van der Waals surface area contributed by atoms with Crippen LogP contribution in [0.1, 0.15) is 12.5 Å². The summed E-state index contributed by atoms with van der Waals surface area (Å²) >= 11 is 0. The summed E-state index contributed by atoms with van der Waals surface area (Å²) in [5.74, 6) is 0.401. The summed E-state index contributed by atoms with van der Waals surface area (Å²) in [5, 5.41) is 6.92. The van der Waals surface area contributed by atoms with Crippen LogP contribution in [0.5, 0.6) is 11.5 Å². The normalized spacial score (nSPS) is 11.2. The van der Waals surface area contributed by atoms with E-state index in [1.54, 1.807) is 50.4 Å². The largest absolute Gasteiger partial charge is 0.497 e. The molecular formula is C18H19F2N3O3. The van der Waals surface area contributed by atoms with Crippen LogP contribution < -0.4 is 20.2 Å². The number of hydrogen-bond acceptors (Lipinski definition) is 5. The number of methoxy groups -OCH3 is 1. The molecule has 8 heteroatoms. The maximum absolute atomic E-state index is 12.3. The molecule has 0 unspecified atom stereocenters. The van der Waals surface area contributed by atoms with Gasteiger partial charge in [-0.1, -0.05) is 12.1 Å². The first-order valence-corrected chi connectivity index (χ1v) is 7.74. The third-order valence-electron chi connectivity index (χ3n) is 3.37. The first-order valence-electron chi connectivity index (χ1n) is 7.74. The molecule has 0 spiro atoms. The summed E-state index contributed by atoms with van der Waals surface area (Å²) in [6.45, 7) is -1.22. The quantitative estimate of drug-likeness (QED) is 0.558. The molecule has 0 atom stereocenters. The number of anilines is 1. The number of amides is 1. The van der Waals surface area contributed by atoms with Gasteiger partial charge in [0.1, 0.15) is 11.5 Å². The van der Waals surface area contributed by atoms with Crippen molar-refractivity contribution >= 4 is 17.3 Å². The van der Waals surface area contributed by atoms with Crippen LogP contribution in [0.25, 0.3) is 0 Å². The summed E-state index contributed by atoms with van der Waals surface area (Å²) in [7, 11) is 1.57. The zero-order chi connectivity index (χ0) is 18.9. The van der Waals surface area contributed by atoms with E-state index in [9.17, 15) is 13.6 Å². The van der Waals surface area contributed by atoms with Gasteiger partial charge >= 0.3 is 6.61 Å². The van der Waals surface area contributed by atoms with E-state index in [-0.39, 0.29) is 18.2 Å². The van der Waals surface area contributed by atoms with Gasteiger partial charge in [0.2, 0.25) is 0 Å². The topological polar surface area (TPSA) is 72.0 Å². The molecule has 0 radical (unpaired) electrons. The van der Waals surface area contributed by atoms with Crippen LogP contribution in [-0.4, -0.2) is 31.9 Å². The lowest BCUT2D eigenvalue weighted by Gasteiger charge is -2.08. The van der Waals surface area contributed by atoms with Gasteiger partial charge in [0.15, 0.2) is 0 Å². The molecule has 0 aliphatic rings. The Bertz CT molecular complexity index is 765. The predicted molar refractivity (Wildman–Crippen MR) is 94.9 cm³/mol. The highest BCUT2D eigenvalue weighted by molar-refractivity contribution is 5.99. The van der Waals surface area contributed by atoms with Crippen LogP contribution >= 0.6 is 0 Å². The van der Waals surface area contributed by atoms with E-state index in [0.29, 0.717) is 11.3 Å². The smallest absolute Gasteiger partial charge is 0.387 e. The molecule has 0 saturated heterocycles. The first-order chi connectivity index (χ1) is 12.5. The Hall–Kier alpha value is -3.16. The van der Waals surface area contributed by atoms with E-state index in [4.69, 9.17) is 4.74 Å². The summed E-state index contributed by atoms with van der Waals surface area (Å²) in [6, 6.07) is 13.2. The number of halogens is 2. The van der Waals surface area contributed by atoms with Crippen molar-refractivity contribution in [3.05, 3.63) is 54.1 Å². The fourth-order valence-corrected chi connectivity index (χ4v) is 2.04. The Morgan fingerprint density at radius 3 is 2.54 bits per heavy atom. The van der Waals surface area contributed by atoms with E-state index in [1.165, 1.54) is 12.1 Å². The van der Waals surface area contributed by atoms with Crippen molar-refractivity contribution in [2.24, 2.45) is 5.10 Å². The Morgan fingerprint density at radius 2 is 1.88 bits per heavy atom. The van der Waals surface area contributed by atoms with Crippen molar-refractivity contribution in [3.63, 3.8) is 0 Å². The molecule has 26 heavy (non-hydrogen) atoms. The Labute approximate surface area is 149 Å². The van der Waals surface area contributed by atoms with E-state index in [1.807, 2.05) is 0 Å². The van der Waals surface area contributed by atoms with Gasteiger partial charge in [0, 0.05) is 11.3 Å². The standard InChI is InChI=1S/C18H19F2N3O3/c1-12(13-4-3-5-16(10-13)26-18(19)20)22-23-17(24)11-21-14-6-8-15(25-2)9-7-14/h3-10,18,21H,11H2,1-2H3,(H,23,24)/b22-12-. The predicted octanol–water partition coefficient (Wildman–Crippen LogP) is 3.25. The van der Waals surface area contributed by atoms with Crippen molar-refractivity contribution in [1.29, 1.82) is 0 Å². The third-order valence-corrected chi connectivity index (χ3v) is 3.37. The Balaban J connectivity index is 1.88. The number of benzene rings is 2. The number of carbonyl (C=O) groups is 1. The number of nitrogens with zero attached hydrogens (tertiary/aromatic N) is 1. The number of nitrogens with one attached hydrogen (secondary N) is 2. The third kappa shape index (κ3) is 6.04. The molecule has 6 nitrogen and oxygen atoms in total. The number of alkyl halides is 2. The van der Waals surface area contributed by atoms with Gasteiger partial charge in [0.25, 0.3) is 5.91 Å². The fourth-order valence-electron chi connectivity index (χ4n) is 2.04. The number of rotatable bonds is 8. The van der Waals surface area contributed by atoms with Gasteiger partial charge in [-0.3, -0.25) is 4.79 Å². The minimum atomic E-state index is -2.90. The monoisotopic (exact) mass is 363 g/mol. The number of ether oxygens (including phenoxy) is 2. The lowest BCUT2D eigenvalue weighted by molar-refractivity contribution is -0.119. The molecule has 0 fully saturated rings. The van der Waals surface area contributed by atoms with Gasteiger partial charge in [-0.2, -0.15) is 13.9 Å². The Morgan fingerprint density at radius 1 is 1.15 bits per heavy atom. The average Bonchev–Trinajstić information content (AvgIpc) is 2.64. The highest BCUT2D eigenvalue weighted by Gasteiger charge is 2.06. The van der Waals surface area contributed by atoms with Gasteiger partial charge in [-0.05, 0) is 43.3 Å². The summed E-state index contributed by atoms with van der Waals surface area (Å²) in [4.78, 5) is 11.9. The van der Waals surface area contributed by atoms with Gasteiger partial charge in [-0.15, -0.1) is 0 Å². The van der Waals surface area contributed by atoms with E-state index in [0.717, 1.165) is 11.4 Å². The van der Waals surface area contributed by atoms with Crippen molar-refractivity contribution in [3.8, 4) is 11.5 Å². The van der Waals surface area contributed by atoms with Crippen molar-refractivity contribution in [1.82, 2.24) is 5.43 Å². The van der Waals surface area contributed by atoms with Crippen LogP contribution in [0.2, 0.25) is 0 Å². The van der Waals surface area contributed by atoms with Gasteiger partial charge < -0.3 is 14.8 Å². The van der Waals surface area contributed by atoms with Gasteiger partial charge in [0.05, 0.1) is 19.4 Å². The molecule has 0 saturated carbocycles. The number of carbonyl (C=O) groups excluding carboxylic acids is 1. The van der Waals surface area contributed by atoms with Crippen LogP contribution in [-0.2, 0) is 4.79 Å². The maximum Gasteiger partial charge on any atom is 0.387 e. The molecular weight excluding hydrogens is 344 g/mol. The lowest BCUT2D eigenvalue weighted by atomic mass is 10.1. The molecule has 2 aromatic carbocycles. The minimum Gasteiger partial charge on any atom is -0.497 e. The minimum absolute atomic E-state index is 0.0254. The summed E-state index contributed by atoms with van der Waals surface area (Å²) in [6.07, 6.45) is 0. The second kappa shape index (κ2) is 9.36. The maximum atomic E-state index is 12.3. The van der Waals surface area contributed by atoms with Crippen LogP contribution in [0.15, 0.2) is 53.6 Å². The van der Waals surface area contributed by atoms with Crippen molar-refractivity contribution < 1.29 is 23.0 Å². The average molecular weight is 363 g/mol. The number of hydrazone groups is 1. The summed E-state index contributed by atoms with van der Waals surface area (Å²) in [5.41, 5.74) is 4.19. The van der Waals surface area contributed by atoms with E-state index in [2.05, 4.69) is 20.6 Å². The molecule has 2 aromatic rings. The zero-order valence-corrected chi connectivity index (χ0v) is 14.3. The molecule has 0 aliphatic carbocycles. The molecule has 138 valence electrons. The van der Waals surface area contributed by atoms with Crippen LogP contribution in [0, 0.1) is 0 Å². The van der Waals surface area contributed by atoms with Gasteiger partial charge in [-0.25, -0.2) is 5.43 Å². The lowest BCUT2D eigenvalue weighted by Crippen LogP contribution is -2.26. The van der Waals surface area contributed by atoms with Crippen molar-refractivity contribution in [2.45, 2.75) is 13.5 Å². The molecule has 2 rings (SSSR count). The second-order valence-corrected chi connectivity index (χ2v) is 5.22. The highest BCUT2D eigenvalue weighted by Crippen LogP contribution is 2.16. The van der Waals surface area contributed by atoms with Crippen LogP contribution in [0.3, 0.4) is 0 Å². The molecule has 1 amide bonds. The fraction of sp³-hybridized carbons (Fsp3) is 0.222. The van der Waals surface area contributed by atoms with E-state index >= 15 is 0 Å². The molecule has 0 heterocycles. The van der Waals surface area contributed by atoms with E-state index < -0.39 is 6.61 Å². The second-order valence-electron chi connectivity index (χ2n) is 5.22. The molecule has 0 bridgehead atoms. The molecule has 2 N–H and O–H groups in total. The Kier molecular flexibility index (Phi) is 6.90. The molecule has 0 aromatic heterocycles. The number of hydrogen-bond donors (Lipinski definition) is 2. The first kappa shape index (κ1) is 19.2. The SMILES string of the molecule is COc1ccc(NCC(=O)N/N=C(/C)c2cccc(OC(F)F)c2)cc1. The van der Waals surface area contributed by atoms with Crippen molar-refractivity contribution in [2.75, 3.05) is 19.0 Å². The summed E-state index contributed by atoms with van der Waals surface area (Å²) < 4.78 is 33.9.